The van der Waals surface area contributed by atoms with Gasteiger partial charge in [-0.25, -0.2) is 0 Å². The molecule has 166 valence electrons. The van der Waals surface area contributed by atoms with E-state index in [9.17, 15) is 9.59 Å². The number of hydrogen-bond acceptors (Lipinski definition) is 2. The van der Waals surface area contributed by atoms with Crippen molar-refractivity contribution in [1.82, 2.24) is 10.2 Å². The summed E-state index contributed by atoms with van der Waals surface area (Å²) in [6.45, 7) is 2.37. The molecule has 0 radical (unpaired) electrons. The molecule has 1 atom stereocenters. The second-order valence-corrected chi connectivity index (χ2v) is 8.46. The fourth-order valence-electron chi connectivity index (χ4n) is 3.38. The van der Waals surface area contributed by atoms with E-state index in [0.29, 0.717) is 36.0 Å². The first-order valence-corrected chi connectivity index (χ1v) is 11.3. The Labute approximate surface area is 199 Å². The van der Waals surface area contributed by atoms with Crippen LogP contribution in [0.2, 0.25) is 10.0 Å². The molecule has 3 aromatic carbocycles. The van der Waals surface area contributed by atoms with Gasteiger partial charge in [0.15, 0.2) is 0 Å². The minimum atomic E-state index is -0.642. The highest BCUT2D eigenvalue weighted by Crippen LogP contribution is 2.17. The van der Waals surface area contributed by atoms with Gasteiger partial charge < -0.3 is 10.2 Å². The zero-order valence-corrected chi connectivity index (χ0v) is 19.4. The normalized spacial score (nSPS) is 11.6. The van der Waals surface area contributed by atoms with Gasteiger partial charge in [-0.1, -0.05) is 83.9 Å². The van der Waals surface area contributed by atoms with Crippen molar-refractivity contribution in [2.45, 2.75) is 38.9 Å². The van der Waals surface area contributed by atoms with Crippen LogP contribution < -0.4 is 5.32 Å². The second-order valence-electron chi connectivity index (χ2n) is 7.62. The van der Waals surface area contributed by atoms with Gasteiger partial charge in [-0.2, -0.15) is 0 Å². The van der Waals surface area contributed by atoms with Gasteiger partial charge >= 0.3 is 0 Å². The van der Waals surface area contributed by atoms with Crippen molar-refractivity contribution in [3.8, 4) is 0 Å². The SMILES string of the molecule is C[C@@H](C(=O)NCc1ccccc1Cl)N(Cc1ccc(Cl)cc1)C(=O)CCc1ccccc1. The molecule has 3 rings (SSSR count). The molecule has 0 saturated carbocycles. The summed E-state index contributed by atoms with van der Waals surface area (Å²) in [5, 5.41) is 4.13. The number of aryl methyl sites for hydroxylation is 1. The lowest BCUT2D eigenvalue weighted by Crippen LogP contribution is -2.47. The standard InChI is InChI=1S/C26H26Cl2N2O2/c1-19(26(32)29-17-22-9-5-6-10-24(22)28)30(18-21-11-14-23(27)15-12-21)25(31)16-13-20-7-3-2-4-8-20/h2-12,14-15,19H,13,16-18H2,1H3,(H,29,32)/t19-/m0/s1. The van der Waals surface area contributed by atoms with Crippen molar-refractivity contribution in [2.75, 3.05) is 0 Å². The van der Waals surface area contributed by atoms with Gasteiger partial charge in [0, 0.05) is 29.6 Å². The van der Waals surface area contributed by atoms with Crippen LogP contribution in [0.25, 0.3) is 0 Å². The molecule has 4 nitrogen and oxygen atoms in total. The van der Waals surface area contributed by atoms with E-state index in [1.807, 2.05) is 60.7 Å². The van der Waals surface area contributed by atoms with E-state index >= 15 is 0 Å². The van der Waals surface area contributed by atoms with Gasteiger partial charge in [0.05, 0.1) is 0 Å². The maximum absolute atomic E-state index is 13.2. The van der Waals surface area contributed by atoms with Crippen LogP contribution in [0.5, 0.6) is 0 Å². The second kappa shape index (κ2) is 11.7. The Bertz CT molecular complexity index is 1040. The molecule has 0 fully saturated rings. The van der Waals surface area contributed by atoms with Crippen molar-refractivity contribution < 1.29 is 9.59 Å². The van der Waals surface area contributed by atoms with Gasteiger partial charge in [0.1, 0.15) is 6.04 Å². The third-order valence-electron chi connectivity index (χ3n) is 5.31. The summed E-state index contributed by atoms with van der Waals surface area (Å²) in [6.07, 6.45) is 0.935. The first kappa shape index (κ1) is 23.8. The smallest absolute Gasteiger partial charge is 0.242 e. The molecule has 0 spiro atoms. The fraction of sp³-hybridized carbons (Fsp3) is 0.231. The summed E-state index contributed by atoms with van der Waals surface area (Å²) in [5.41, 5.74) is 2.82. The van der Waals surface area contributed by atoms with E-state index in [0.717, 1.165) is 16.7 Å². The van der Waals surface area contributed by atoms with E-state index in [2.05, 4.69) is 5.32 Å². The molecule has 0 aliphatic rings. The first-order valence-electron chi connectivity index (χ1n) is 10.5. The van der Waals surface area contributed by atoms with Crippen LogP contribution in [0, 0.1) is 0 Å². The number of hydrogen-bond donors (Lipinski definition) is 1. The van der Waals surface area contributed by atoms with Gasteiger partial charge in [-0.3, -0.25) is 9.59 Å². The predicted molar refractivity (Wildman–Crippen MR) is 130 cm³/mol. The molecule has 0 saturated heterocycles. The van der Waals surface area contributed by atoms with E-state index in [4.69, 9.17) is 23.2 Å². The topological polar surface area (TPSA) is 49.4 Å². The average Bonchev–Trinajstić information content (AvgIpc) is 2.81. The number of rotatable bonds is 9. The molecule has 0 unspecified atom stereocenters. The van der Waals surface area contributed by atoms with Crippen LogP contribution in [-0.4, -0.2) is 22.8 Å². The molecule has 2 amide bonds. The van der Waals surface area contributed by atoms with Crippen molar-refractivity contribution in [3.63, 3.8) is 0 Å². The molecule has 1 N–H and O–H groups in total. The predicted octanol–water partition coefficient (Wildman–Crippen LogP) is 5.66. The quantitative estimate of drug-likeness (QED) is 0.440. The maximum atomic E-state index is 13.2. The Morgan fingerprint density at radius 1 is 0.875 bits per heavy atom. The summed E-state index contributed by atoms with van der Waals surface area (Å²) in [7, 11) is 0. The van der Waals surface area contributed by atoms with Crippen LogP contribution in [-0.2, 0) is 29.1 Å². The minimum Gasteiger partial charge on any atom is -0.350 e. The highest BCUT2D eigenvalue weighted by molar-refractivity contribution is 6.31. The Morgan fingerprint density at radius 3 is 2.22 bits per heavy atom. The molecule has 0 heterocycles. The van der Waals surface area contributed by atoms with E-state index in [-0.39, 0.29) is 11.8 Å². The Morgan fingerprint density at radius 2 is 1.53 bits per heavy atom. The number of benzene rings is 3. The summed E-state index contributed by atoms with van der Waals surface area (Å²) >= 11 is 12.2. The van der Waals surface area contributed by atoms with Crippen LogP contribution in [0.3, 0.4) is 0 Å². The zero-order valence-electron chi connectivity index (χ0n) is 17.9. The first-order chi connectivity index (χ1) is 15.4. The molecule has 0 bridgehead atoms. The van der Waals surface area contributed by atoms with E-state index < -0.39 is 6.04 Å². The third-order valence-corrected chi connectivity index (χ3v) is 5.94. The van der Waals surface area contributed by atoms with Crippen LogP contribution in [0.15, 0.2) is 78.9 Å². The number of amides is 2. The number of halogens is 2. The molecular weight excluding hydrogens is 443 g/mol. The van der Waals surface area contributed by atoms with Crippen molar-refractivity contribution in [3.05, 3.63) is 106 Å². The van der Waals surface area contributed by atoms with Crippen LogP contribution >= 0.6 is 23.2 Å². The van der Waals surface area contributed by atoms with Crippen LogP contribution in [0.4, 0.5) is 0 Å². The molecule has 0 aliphatic heterocycles. The summed E-state index contributed by atoms with van der Waals surface area (Å²) < 4.78 is 0. The number of carbonyl (C=O) groups excluding carboxylic acids is 2. The number of nitrogens with zero attached hydrogens (tertiary/aromatic N) is 1. The Kier molecular flexibility index (Phi) is 8.72. The van der Waals surface area contributed by atoms with Gasteiger partial charge in [0.25, 0.3) is 0 Å². The molecule has 0 aromatic heterocycles. The fourth-order valence-corrected chi connectivity index (χ4v) is 3.71. The van der Waals surface area contributed by atoms with E-state index in [1.54, 1.807) is 30.0 Å². The molecule has 6 heteroatoms. The van der Waals surface area contributed by atoms with Gasteiger partial charge in [-0.15, -0.1) is 0 Å². The summed E-state index contributed by atoms with van der Waals surface area (Å²) in [6, 6.07) is 23.9. The number of nitrogens with one attached hydrogen (secondary N) is 1. The highest BCUT2D eigenvalue weighted by atomic mass is 35.5. The average molecular weight is 469 g/mol. The summed E-state index contributed by atoms with van der Waals surface area (Å²) in [5.74, 6) is -0.309. The lowest BCUT2D eigenvalue weighted by molar-refractivity contribution is -0.140. The zero-order chi connectivity index (χ0) is 22.9. The Balaban J connectivity index is 1.70. The molecule has 0 aliphatic carbocycles. The maximum Gasteiger partial charge on any atom is 0.242 e. The monoisotopic (exact) mass is 468 g/mol. The summed E-state index contributed by atoms with van der Waals surface area (Å²) in [4.78, 5) is 27.7. The highest BCUT2D eigenvalue weighted by Gasteiger charge is 2.26. The van der Waals surface area contributed by atoms with Crippen molar-refractivity contribution in [2.24, 2.45) is 0 Å². The van der Waals surface area contributed by atoms with E-state index in [1.165, 1.54) is 0 Å². The minimum absolute atomic E-state index is 0.0794. The Hall–Kier alpha value is -2.82. The lowest BCUT2D eigenvalue weighted by Gasteiger charge is -2.29. The lowest BCUT2D eigenvalue weighted by atomic mass is 10.1. The largest absolute Gasteiger partial charge is 0.350 e. The third kappa shape index (κ3) is 6.84. The van der Waals surface area contributed by atoms with Gasteiger partial charge in [-0.05, 0) is 48.2 Å². The van der Waals surface area contributed by atoms with Crippen molar-refractivity contribution >= 4 is 35.0 Å². The molecule has 3 aromatic rings. The molecular formula is C26H26Cl2N2O2. The number of carbonyl (C=O) groups is 2. The van der Waals surface area contributed by atoms with Crippen molar-refractivity contribution in [1.29, 1.82) is 0 Å². The molecule has 32 heavy (non-hydrogen) atoms. The van der Waals surface area contributed by atoms with Crippen LogP contribution in [0.1, 0.15) is 30.0 Å². The van der Waals surface area contributed by atoms with Gasteiger partial charge in [0.2, 0.25) is 11.8 Å².